The van der Waals surface area contributed by atoms with Gasteiger partial charge in [0.2, 0.25) is 0 Å². The number of dihydropyridines is 1. The van der Waals surface area contributed by atoms with Crippen LogP contribution < -0.4 is 5.32 Å². The lowest BCUT2D eigenvalue weighted by Gasteiger charge is -2.30. The highest BCUT2D eigenvalue weighted by atomic mass is 16.5. The molecule has 0 aromatic heterocycles. The van der Waals surface area contributed by atoms with Gasteiger partial charge in [0, 0.05) is 0 Å². The predicted octanol–water partition coefficient (Wildman–Crippen LogP) is 1.55. The van der Waals surface area contributed by atoms with Gasteiger partial charge in [0.1, 0.15) is 0 Å². The van der Waals surface area contributed by atoms with E-state index in [1.807, 2.05) is 31.4 Å². The van der Waals surface area contributed by atoms with Gasteiger partial charge in [0.05, 0.1) is 12.2 Å². The lowest BCUT2D eigenvalue weighted by atomic mass is 10.1. The minimum absolute atomic E-state index is 0.431. The molecule has 1 aliphatic rings. The smallest absolute Gasteiger partial charge is 0.154 e. The fraction of sp³-hybridized carbons (Fsp3) is 0.636. The van der Waals surface area contributed by atoms with Crippen LogP contribution in [0.2, 0.25) is 0 Å². The minimum Gasteiger partial charge on any atom is -0.390 e. The molecule has 3 heteroatoms. The first kappa shape index (κ1) is 11.3. The largest absolute Gasteiger partial charge is 0.390 e. The molecule has 0 radical (unpaired) electrons. The van der Waals surface area contributed by atoms with Gasteiger partial charge in [-0.1, -0.05) is 6.08 Å². The Bertz CT molecular complexity index is 240. The molecular weight excluding hydrogens is 178 g/mol. The molecule has 0 fully saturated rings. The van der Waals surface area contributed by atoms with Gasteiger partial charge in [-0.05, 0) is 45.5 Å². The van der Waals surface area contributed by atoms with Crippen LogP contribution in [0.3, 0.4) is 0 Å². The number of aliphatic hydroxyl groups is 1. The number of hydrogen-bond acceptors (Lipinski definition) is 3. The molecule has 1 aliphatic heterocycles. The van der Waals surface area contributed by atoms with Gasteiger partial charge in [-0.25, -0.2) is 0 Å². The van der Waals surface area contributed by atoms with Crippen molar-refractivity contribution in [3.05, 3.63) is 24.4 Å². The van der Waals surface area contributed by atoms with Crippen LogP contribution in [0.25, 0.3) is 0 Å². The molecule has 3 nitrogen and oxygen atoms in total. The normalized spacial score (nSPS) is 26.3. The van der Waals surface area contributed by atoms with Crippen molar-refractivity contribution in [1.29, 1.82) is 0 Å². The molecule has 2 N–H and O–H groups in total. The highest BCUT2D eigenvalue weighted by Gasteiger charge is 2.22. The first-order valence-corrected chi connectivity index (χ1v) is 4.90. The molecule has 0 saturated heterocycles. The minimum atomic E-state index is -0.662. The molecule has 1 unspecified atom stereocenters. The molecular formula is C11H19NO2. The Morgan fingerprint density at radius 2 is 2.14 bits per heavy atom. The Balaban J connectivity index is 2.31. The van der Waals surface area contributed by atoms with E-state index in [2.05, 4.69) is 5.32 Å². The van der Waals surface area contributed by atoms with Crippen molar-refractivity contribution in [1.82, 2.24) is 5.32 Å². The van der Waals surface area contributed by atoms with Crippen molar-refractivity contribution in [3.8, 4) is 0 Å². The summed E-state index contributed by atoms with van der Waals surface area (Å²) in [7, 11) is 0. The van der Waals surface area contributed by atoms with Gasteiger partial charge in [-0.15, -0.1) is 0 Å². The van der Waals surface area contributed by atoms with Gasteiger partial charge in [0.15, 0.2) is 5.72 Å². The Morgan fingerprint density at radius 3 is 2.64 bits per heavy atom. The molecule has 0 bridgehead atoms. The zero-order chi connectivity index (χ0) is 10.7. The average molecular weight is 197 g/mol. The third-order valence-corrected chi connectivity index (χ3v) is 2.11. The molecule has 14 heavy (non-hydrogen) atoms. The summed E-state index contributed by atoms with van der Waals surface area (Å²) in [5.41, 5.74) is -1.09. The third kappa shape index (κ3) is 3.94. The number of hydrogen-bond donors (Lipinski definition) is 2. The Kier molecular flexibility index (Phi) is 3.34. The lowest BCUT2D eigenvalue weighted by molar-refractivity contribution is -0.0408. The van der Waals surface area contributed by atoms with Crippen LogP contribution in [0, 0.1) is 0 Å². The fourth-order valence-corrected chi connectivity index (χ4v) is 1.16. The summed E-state index contributed by atoms with van der Waals surface area (Å²) in [6.07, 6.45) is 8.30. The summed E-state index contributed by atoms with van der Waals surface area (Å²) in [5, 5.41) is 12.6. The molecule has 0 aliphatic carbocycles. The molecule has 0 aromatic carbocycles. The standard InChI is InChI=1S/C11H19NO2/c1-10(2,13)7-9-14-11(3)6-4-5-8-12-11/h4-6,8,12-13H,7,9H2,1-3H3. The number of rotatable bonds is 4. The second-order valence-electron chi connectivity index (χ2n) is 4.38. The summed E-state index contributed by atoms with van der Waals surface area (Å²) < 4.78 is 5.64. The monoisotopic (exact) mass is 197 g/mol. The molecule has 1 rings (SSSR count). The lowest BCUT2D eigenvalue weighted by Crippen LogP contribution is -2.42. The zero-order valence-corrected chi connectivity index (χ0v) is 9.08. The van der Waals surface area contributed by atoms with E-state index < -0.39 is 11.3 Å². The maximum atomic E-state index is 9.50. The van der Waals surface area contributed by atoms with Crippen LogP contribution in [-0.2, 0) is 4.74 Å². The highest BCUT2D eigenvalue weighted by Crippen LogP contribution is 2.14. The van der Waals surface area contributed by atoms with Crippen LogP contribution in [0.1, 0.15) is 27.2 Å². The number of allylic oxidation sites excluding steroid dienone is 2. The zero-order valence-electron chi connectivity index (χ0n) is 9.08. The van der Waals surface area contributed by atoms with E-state index in [9.17, 15) is 5.11 Å². The van der Waals surface area contributed by atoms with Crippen molar-refractivity contribution in [3.63, 3.8) is 0 Å². The van der Waals surface area contributed by atoms with E-state index in [0.717, 1.165) is 0 Å². The summed E-state index contributed by atoms with van der Waals surface area (Å²) >= 11 is 0. The van der Waals surface area contributed by atoms with Crippen LogP contribution in [0.15, 0.2) is 24.4 Å². The summed E-state index contributed by atoms with van der Waals surface area (Å²) in [6.45, 7) is 6.05. The second kappa shape index (κ2) is 4.15. The summed E-state index contributed by atoms with van der Waals surface area (Å²) in [6, 6.07) is 0. The van der Waals surface area contributed by atoms with E-state index in [0.29, 0.717) is 13.0 Å². The molecule has 0 spiro atoms. The fourth-order valence-electron chi connectivity index (χ4n) is 1.16. The number of ether oxygens (including phenoxy) is 1. The summed E-state index contributed by atoms with van der Waals surface area (Å²) in [4.78, 5) is 0. The van der Waals surface area contributed by atoms with E-state index in [4.69, 9.17) is 4.74 Å². The van der Waals surface area contributed by atoms with E-state index in [1.165, 1.54) is 0 Å². The van der Waals surface area contributed by atoms with Crippen LogP contribution >= 0.6 is 0 Å². The first-order valence-electron chi connectivity index (χ1n) is 4.90. The predicted molar refractivity (Wildman–Crippen MR) is 56.7 cm³/mol. The van der Waals surface area contributed by atoms with Crippen LogP contribution in [-0.4, -0.2) is 23.0 Å². The molecule has 0 saturated carbocycles. The van der Waals surface area contributed by atoms with Crippen molar-refractivity contribution < 1.29 is 9.84 Å². The Labute approximate surface area is 85.5 Å². The molecule has 1 atom stereocenters. The maximum absolute atomic E-state index is 9.50. The van der Waals surface area contributed by atoms with Crippen molar-refractivity contribution in [2.24, 2.45) is 0 Å². The van der Waals surface area contributed by atoms with E-state index in [1.54, 1.807) is 13.8 Å². The molecule has 1 heterocycles. The second-order valence-corrected chi connectivity index (χ2v) is 4.38. The van der Waals surface area contributed by atoms with Crippen molar-refractivity contribution in [2.45, 2.75) is 38.5 Å². The van der Waals surface area contributed by atoms with Crippen LogP contribution in [0.5, 0.6) is 0 Å². The Morgan fingerprint density at radius 1 is 1.43 bits per heavy atom. The van der Waals surface area contributed by atoms with Gasteiger partial charge >= 0.3 is 0 Å². The first-order chi connectivity index (χ1) is 6.41. The molecule has 80 valence electrons. The SMILES string of the molecule is CC(C)(O)CCOC1(C)C=CC=CN1. The third-order valence-electron chi connectivity index (χ3n) is 2.11. The van der Waals surface area contributed by atoms with Crippen molar-refractivity contribution >= 4 is 0 Å². The van der Waals surface area contributed by atoms with Gasteiger partial charge in [0.25, 0.3) is 0 Å². The molecule has 0 aromatic rings. The van der Waals surface area contributed by atoms with E-state index in [-0.39, 0.29) is 0 Å². The topological polar surface area (TPSA) is 41.5 Å². The van der Waals surface area contributed by atoms with Gasteiger partial charge < -0.3 is 15.2 Å². The Hall–Kier alpha value is -0.800. The van der Waals surface area contributed by atoms with Crippen molar-refractivity contribution in [2.75, 3.05) is 6.61 Å². The average Bonchev–Trinajstić information content (AvgIpc) is 2.02. The van der Waals surface area contributed by atoms with Crippen LogP contribution in [0.4, 0.5) is 0 Å². The van der Waals surface area contributed by atoms with Gasteiger partial charge in [-0.2, -0.15) is 0 Å². The summed E-state index contributed by atoms with van der Waals surface area (Å²) in [5.74, 6) is 0. The van der Waals surface area contributed by atoms with Gasteiger partial charge in [-0.3, -0.25) is 0 Å². The maximum Gasteiger partial charge on any atom is 0.154 e. The van der Waals surface area contributed by atoms with E-state index >= 15 is 0 Å². The number of nitrogens with one attached hydrogen (secondary N) is 1. The quantitative estimate of drug-likeness (QED) is 0.718. The molecule has 0 amide bonds. The highest BCUT2D eigenvalue weighted by molar-refractivity contribution is 5.14.